The van der Waals surface area contributed by atoms with Crippen LogP contribution in [0.5, 0.6) is 0 Å². The second kappa shape index (κ2) is 25.7. The van der Waals surface area contributed by atoms with Gasteiger partial charge in [-0.2, -0.15) is 5.11 Å². The molecule has 0 saturated carbocycles. The lowest BCUT2D eigenvalue weighted by Gasteiger charge is -2.10. The number of nitrogens with two attached hydrogens (primary N) is 6. The van der Waals surface area contributed by atoms with Gasteiger partial charge in [0.15, 0.2) is 4.98 Å². The van der Waals surface area contributed by atoms with Gasteiger partial charge in [-0.15, -0.1) is 10.5 Å². The van der Waals surface area contributed by atoms with Crippen molar-refractivity contribution in [3.8, 4) is 0 Å². The van der Waals surface area contributed by atoms with Crippen molar-refractivity contribution in [1.82, 2.24) is 0 Å². The summed E-state index contributed by atoms with van der Waals surface area (Å²) in [7, 11) is -10.9. The summed E-state index contributed by atoms with van der Waals surface area (Å²) < 4.78 is 65.4. The number of primary sulfonamides is 3. The highest BCUT2D eigenvalue weighted by atomic mass is 32.2. The van der Waals surface area contributed by atoms with Crippen LogP contribution in [-0.2, 0) is 30.1 Å². The Labute approximate surface area is 381 Å². The average molecular weight is 958 g/mol. The number of diazo groups is 1. The average Bonchev–Trinajstić information content (AvgIpc) is 3.30. The molecule has 14 N–H and O–H groups in total. The fourth-order valence-corrected chi connectivity index (χ4v) is 7.04. The highest BCUT2D eigenvalue weighted by Gasteiger charge is 2.11. The minimum absolute atomic E-state index is 0.00472. The van der Waals surface area contributed by atoms with Crippen LogP contribution in [0.15, 0.2) is 182 Å². The molecular weight excluding hydrogens is 911 g/mol. The number of rotatable bonds is 11. The molecular formula is C42H47N13O8S3. The molecule has 0 saturated heterocycles. The first-order chi connectivity index (χ1) is 31.4. The molecule has 0 amide bonds. The largest absolute Gasteiger partial charge is 0.444 e. The van der Waals surface area contributed by atoms with E-state index in [4.69, 9.17) is 48.1 Å². The van der Waals surface area contributed by atoms with Gasteiger partial charge in [-0.25, -0.2) is 40.7 Å². The van der Waals surface area contributed by atoms with E-state index < -0.39 is 30.1 Å². The van der Waals surface area contributed by atoms with E-state index >= 15 is 0 Å². The topological polar surface area (TPSA) is 388 Å². The zero-order valence-corrected chi connectivity index (χ0v) is 37.4. The molecule has 0 spiro atoms. The van der Waals surface area contributed by atoms with Crippen LogP contribution in [-0.4, -0.2) is 51.4 Å². The van der Waals surface area contributed by atoms with E-state index in [1.54, 1.807) is 12.1 Å². The van der Waals surface area contributed by atoms with E-state index in [2.05, 4.69) is 68.3 Å². The maximum Gasteiger partial charge on any atom is 0.385 e. The molecule has 7 aromatic carbocycles. The first-order valence-corrected chi connectivity index (χ1v) is 23.7. The van der Waals surface area contributed by atoms with Gasteiger partial charge in [-0.1, -0.05) is 60.7 Å². The smallest absolute Gasteiger partial charge is 0.385 e. The quantitative estimate of drug-likeness (QED) is 0.0226. The molecule has 0 aliphatic rings. The van der Waals surface area contributed by atoms with Crippen LogP contribution in [0.4, 0.5) is 34.1 Å². The molecule has 0 radical (unpaired) electrons. The minimum atomic E-state index is -3.72. The Bertz CT molecular complexity index is 3080. The van der Waals surface area contributed by atoms with Crippen LogP contribution in [0.2, 0.25) is 0 Å². The Morgan fingerprint density at radius 1 is 0.530 bits per heavy atom. The van der Waals surface area contributed by atoms with Gasteiger partial charge in [-0.05, 0) is 84.2 Å². The predicted molar refractivity (Wildman–Crippen MR) is 259 cm³/mol. The Hall–Kier alpha value is -7.47. The lowest BCUT2D eigenvalue weighted by Crippen LogP contribution is -2.13. The van der Waals surface area contributed by atoms with Crippen LogP contribution in [0.25, 0.3) is 26.5 Å². The fourth-order valence-electron chi connectivity index (χ4n) is 5.49. The third-order valence-electron chi connectivity index (χ3n) is 8.54. The molecule has 24 heteroatoms. The zero-order chi connectivity index (χ0) is 48.8. The monoisotopic (exact) mass is 957 g/mol. The van der Waals surface area contributed by atoms with E-state index in [9.17, 15) is 25.3 Å². The lowest BCUT2D eigenvalue weighted by molar-refractivity contribution is 0.596. The number of anilines is 3. The van der Waals surface area contributed by atoms with E-state index in [-0.39, 0.29) is 20.4 Å². The molecule has 7 aromatic rings. The predicted octanol–water partition coefficient (Wildman–Crippen LogP) is 6.47. The SMILES string of the molecule is N#[N+]c1ccc(S(N)(=O)=O)cc1.NCCNc1ccc(N=Nc2ccc(S(N)(=O)=O)cc2)c2ccccc12.NCCNc1cccc2ccccc12.Nc1ccc(S(N)(=O)=O)cc1.O=N[O-]. The molecule has 21 nitrogen and oxygen atoms in total. The molecule has 0 unspecified atom stereocenters. The summed E-state index contributed by atoms with van der Waals surface area (Å²) in [5.74, 6) is 0. The van der Waals surface area contributed by atoms with E-state index in [0.29, 0.717) is 31.0 Å². The maximum absolute atomic E-state index is 11.3. The minimum Gasteiger partial charge on any atom is -0.444 e. The molecule has 0 aliphatic carbocycles. The molecule has 0 bridgehead atoms. The second-order valence-electron chi connectivity index (χ2n) is 13.2. The number of nitrogens with one attached hydrogen (secondary N) is 2. The standard InChI is InChI=1S/C18H19N5O2S.C12H14N2.C6H6N3O2S.C6H8N2O2S.HNO2/c19-11-12-21-17-9-10-18(16-4-2-1-3-15(16)17)23-22-13-5-7-14(8-6-13)26(20,24)25;13-8-9-14-12-7-3-5-10-4-1-2-6-11(10)12;7-9-5-1-3-6(4-2-5)12(8,10)11;7-5-1-3-6(4-2-5)11(8,9)10;2-1-3/h1-10,21H,11-12,19H2,(H2,20,24,25);1-7,14H,8-9,13H2;1-4H,(H2,8,10,11);1-4H,7H2,(H2,8,9,10);(H,2,3)/q;;+1;;/p-1. The van der Waals surface area contributed by atoms with Crippen molar-refractivity contribution in [2.24, 2.45) is 42.5 Å². The number of nitrogens with zero attached hydrogens (tertiary/aromatic N) is 5. The summed E-state index contributed by atoms with van der Waals surface area (Å²) in [6.07, 6.45) is 0. The van der Waals surface area contributed by atoms with Gasteiger partial charge >= 0.3 is 5.69 Å². The second-order valence-corrected chi connectivity index (χ2v) is 17.9. The number of fused-ring (bicyclic) bond motifs is 2. The van der Waals surface area contributed by atoms with E-state index in [1.165, 1.54) is 71.4 Å². The van der Waals surface area contributed by atoms with Crippen LogP contribution >= 0.6 is 0 Å². The summed E-state index contributed by atoms with van der Waals surface area (Å²) in [6, 6.07) is 43.1. The van der Waals surface area contributed by atoms with Gasteiger partial charge in [0.2, 0.25) is 35.5 Å². The third-order valence-corrected chi connectivity index (χ3v) is 11.3. The van der Waals surface area contributed by atoms with Gasteiger partial charge in [0.1, 0.15) is 0 Å². The number of azo groups is 1. The Morgan fingerprint density at radius 2 is 0.955 bits per heavy atom. The van der Waals surface area contributed by atoms with Crippen molar-refractivity contribution < 1.29 is 25.3 Å². The first kappa shape index (κ1) is 52.9. The molecule has 66 heavy (non-hydrogen) atoms. The normalized spacial score (nSPS) is 10.9. The van der Waals surface area contributed by atoms with Gasteiger partial charge in [0.05, 0.1) is 26.1 Å². The highest BCUT2D eigenvalue weighted by Crippen LogP contribution is 2.33. The molecule has 346 valence electrons. The van der Waals surface area contributed by atoms with Gasteiger partial charge in [-0.3, -0.25) is 0 Å². The Kier molecular flexibility index (Phi) is 20.6. The number of hydrogen-bond donors (Lipinski definition) is 8. The van der Waals surface area contributed by atoms with Crippen molar-refractivity contribution >= 4 is 85.7 Å². The van der Waals surface area contributed by atoms with Crippen LogP contribution < -0.4 is 43.3 Å². The summed E-state index contributed by atoms with van der Waals surface area (Å²) in [5, 5.41) is 51.6. The summed E-state index contributed by atoms with van der Waals surface area (Å²) in [6.45, 7) is 2.70. The number of hydrogen-bond acceptors (Lipinski definition) is 17. The third kappa shape index (κ3) is 17.2. The van der Waals surface area contributed by atoms with Crippen molar-refractivity contribution in [1.29, 1.82) is 5.39 Å². The fraction of sp³-hybridized carbons (Fsp3) is 0.0952. The maximum atomic E-state index is 11.3. The molecule has 0 fully saturated rings. The zero-order valence-electron chi connectivity index (χ0n) is 35.0. The summed E-state index contributed by atoms with van der Waals surface area (Å²) in [5.41, 5.74) is 20.5. The van der Waals surface area contributed by atoms with E-state index in [1.807, 2.05) is 36.4 Å². The number of nitrogen functional groups attached to an aromatic ring is 1. The highest BCUT2D eigenvalue weighted by molar-refractivity contribution is 7.89. The van der Waals surface area contributed by atoms with Gasteiger partial charge in [0.25, 0.3) is 0 Å². The van der Waals surface area contributed by atoms with Crippen molar-refractivity contribution in [3.63, 3.8) is 0 Å². The molecule has 7 rings (SSSR count). The van der Waals surface area contributed by atoms with Crippen molar-refractivity contribution in [2.45, 2.75) is 14.7 Å². The summed E-state index contributed by atoms with van der Waals surface area (Å²) in [4.78, 5) is 11.0. The van der Waals surface area contributed by atoms with Crippen LogP contribution in [0, 0.1) is 15.5 Å². The number of benzene rings is 7. The van der Waals surface area contributed by atoms with Crippen molar-refractivity contribution in [2.75, 3.05) is 42.5 Å². The van der Waals surface area contributed by atoms with Gasteiger partial charge < -0.3 is 37.9 Å². The molecule has 0 aliphatic heterocycles. The Morgan fingerprint density at radius 3 is 1.44 bits per heavy atom. The molecule has 0 atom stereocenters. The van der Waals surface area contributed by atoms with Crippen LogP contribution in [0.3, 0.4) is 0 Å². The van der Waals surface area contributed by atoms with Crippen molar-refractivity contribution in [3.05, 3.63) is 167 Å². The Balaban J connectivity index is 0.000000245. The first-order valence-electron chi connectivity index (χ1n) is 19.1. The van der Waals surface area contributed by atoms with E-state index in [0.717, 1.165) is 39.7 Å². The van der Waals surface area contributed by atoms with Gasteiger partial charge in [0, 0.05) is 71.5 Å². The number of sulfonamides is 3. The summed E-state index contributed by atoms with van der Waals surface area (Å²) >= 11 is 0. The molecule has 0 aromatic heterocycles. The van der Waals surface area contributed by atoms with Crippen LogP contribution in [0.1, 0.15) is 0 Å². The molecule has 0 heterocycles. The lowest BCUT2D eigenvalue weighted by atomic mass is 10.1.